The number of allylic oxidation sites excluding steroid dienone is 1. The molecule has 1 aliphatic heterocycles. The van der Waals surface area contributed by atoms with Crippen LogP contribution in [0.1, 0.15) is 59.4 Å². The van der Waals surface area contributed by atoms with Gasteiger partial charge < -0.3 is 9.64 Å². The van der Waals surface area contributed by atoms with Crippen molar-refractivity contribution in [2.24, 2.45) is 4.99 Å². The molecule has 1 aromatic heterocycles. The summed E-state index contributed by atoms with van der Waals surface area (Å²) in [5.41, 5.74) is 7.51. The van der Waals surface area contributed by atoms with E-state index in [0.717, 1.165) is 66.2 Å². The summed E-state index contributed by atoms with van der Waals surface area (Å²) in [5, 5.41) is 3.89. The van der Waals surface area contributed by atoms with Crippen molar-refractivity contribution < 1.29 is 9.26 Å². The van der Waals surface area contributed by atoms with Crippen LogP contribution in [0, 0.1) is 0 Å². The molecular formula is C34H38N4O3. The number of hydrogen-bond donors (Lipinski definition) is 1. The minimum Gasteiger partial charge on any atom is -0.488 e. The number of H-pyrrole nitrogens is 1. The molecular weight excluding hydrogens is 512 g/mol. The highest BCUT2D eigenvalue weighted by Gasteiger charge is 2.23. The van der Waals surface area contributed by atoms with Crippen molar-refractivity contribution >= 4 is 11.5 Å². The highest BCUT2D eigenvalue weighted by Crippen LogP contribution is 2.32. The van der Waals surface area contributed by atoms with E-state index in [9.17, 15) is 4.79 Å². The summed E-state index contributed by atoms with van der Waals surface area (Å²) in [6, 6.07) is 24.8. The molecule has 0 radical (unpaired) electrons. The number of aromatic nitrogens is 2. The Balaban J connectivity index is 1.40. The van der Waals surface area contributed by atoms with Crippen LogP contribution in [0.5, 0.6) is 5.75 Å². The van der Waals surface area contributed by atoms with Crippen LogP contribution < -0.4 is 15.4 Å². The number of amidine groups is 1. The summed E-state index contributed by atoms with van der Waals surface area (Å²) in [4.78, 5) is 21.7. The Morgan fingerprint density at radius 2 is 1.66 bits per heavy atom. The minimum atomic E-state index is -0.564. The molecule has 41 heavy (non-hydrogen) atoms. The lowest BCUT2D eigenvalue weighted by atomic mass is 9.95. The second-order valence-corrected chi connectivity index (χ2v) is 11.3. The zero-order chi connectivity index (χ0) is 29.0. The molecule has 0 saturated carbocycles. The number of nitrogens with one attached hydrogen (secondary N) is 1. The third-order valence-electron chi connectivity index (χ3n) is 7.01. The van der Waals surface area contributed by atoms with Gasteiger partial charge in [0.05, 0.1) is 0 Å². The van der Waals surface area contributed by atoms with Crippen LogP contribution >= 0.6 is 0 Å². The number of benzene rings is 3. The molecule has 7 nitrogen and oxygen atoms in total. The fraction of sp³-hybridized carbons (Fsp3) is 0.324. The van der Waals surface area contributed by atoms with Crippen molar-refractivity contribution in [1.82, 2.24) is 10.1 Å². The summed E-state index contributed by atoms with van der Waals surface area (Å²) in [6.45, 7) is 11.4. The predicted octanol–water partition coefficient (Wildman–Crippen LogP) is 7.80. The minimum absolute atomic E-state index is 0.236. The first-order chi connectivity index (χ1) is 19.7. The van der Waals surface area contributed by atoms with Crippen molar-refractivity contribution in [3.05, 3.63) is 100 Å². The zero-order valence-corrected chi connectivity index (χ0v) is 24.5. The molecule has 0 aliphatic carbocycles. The number of ether oxygens (including phenoxy) is 1. The Morgan fingerprint density at radius 3 is 2.27 bits per heavy atom. The quantitative estimate of drug-likeness (QED) is 0.230. The van der Waals surface area contributed by atoms with E-state index in [0.29, 0.717) is 5.82 Å². The first-order valence-corrected chi connectivity index (χ1v) is 14.3. The van der Waals surface area contributed by atoms with Gasteiger partial charge in [0.15, 0.2) is 5.82 Å². The number of aliphatic imine (C=N–C) groups is 1. The van der Waals surface area contributed by atoms with Crippen molar-refractivity contribution in [3.63, 3.8) is 0 Å². The Kier molecular flexibility index (Phi) is 8.24. The standard InChI is InChI=1S/C34H38N4O3/c1-6-10-30-25(22-38(31(7-2)35-30)26-17-19-27(20-18-26)40-34(3,4)5)21-23-13-15-24(16-14-23)28-11-8-9-12-29(28)32-36-33(39)41-37-32/h8-9,11-20H,6-7,10,21-22H2,1-5H3,(H,36,37,39). The molecule has 7 heteroatoms. The summed E-state index contributed by atoms with van der Waals surface area (Å²) < 4.78 is 10.8. The number of nitrogens with zero attached hydrogens (tertiary/aromatic N) is 3. The van der Waals surface area contributed by atoms with Gasteiger partial charge in [0.1, 0.15) is 17.2 Å². The average molecular weight is 551 g/mol. The molecule has 0 bridgehead atoms. The van der Waals surface area contributed by atoms with Gasteiger partial charge in [-0.05, 0) is 80.1 Å². The molecule has 1 N–H and O–H groups in total. The maximum absolute atomic E-state index is 11.5. The summed E-state index contributed by atoms with van der Waals surface area (Å²) >= 11 is 0. The van der Waals surface area contributed by atoms with Crippen LogP contribution in [0.3, 0.4) is 0 Å². The maximum atomic E-state index is 11.5. The van der Waals surface area contributed by atoms with Gasteiger partial charge in [-0.15, -0.1) is 0 Å². The van der Waals surface area contributed by atoms with E-state index in [1.807, 2.05) is 36.4 Å². The summed E-state index contributed by atoms with van der Waals surface area (Å²) in [5.74, 6) is 1.83. The maximum Gasteiger partial charge on any atom is 0.439 e. The Morgan fingerprint density at radius 1 is 0.951 bits per heavy atom. The van der Waals surface area contributed by atoms with Gasteiger partial charge in [0.25, 0.3) is 0 Å². The number of rotatable bonds is 9. The van der Waals surface area contributed by atoms with Crippen LogP contribution in [-0.4, -0.2) is 28.1 Å². The molecule has 0 atom stereocenters. The van der Waals surface area contributed by atoms with Crippen molar-refractivity contribution in [2.75, 3.05) is 11.4 Å². The van der Waals surface area contributed by atoms with E-state index in [4.69, 9.17) is 14.3 Å². The van der Waals surface area contributed by atoms with Crippen LogP contribution in [0.4, 0.5) is 5.69 Å². The Labute approximate surface area is 241 Å². The molecule has 5 rings (SSSR count). The van der Waals surface area contributed by atoms with Gasteiger partial charge in [0, 0.05) is 29.9 Å². The second kappa shape index (κ2) is 12.0. The fourth-order valence-electron chi connectivity index (χ4n) is 5.19. The monoisotopic (exact) mass is 550 g/mol. The van der Waals surface area contributed by atoms with Crippen molar-refractivity contribution in [1.29, 1.82) is 0 Å². The third kappa shape index (κ3) is 6.68. The molecule has 0 saturated heterocycles. The second-order valence-electron chi connectivity index (χ2n) is 11.3. The molecule has 4 aromatic rings. The van der Waals surface area contributed by atoms with E-state index < -0.39 is 5.76 Å². The van der Waals surface area contributed by atoms with Crippen molar-refractivity contribution in [3.8, 4) is 28.3 Å². The zero-order valence-electron chi connectivity index (χ0n) is 24.5. The molecule has 0 spiro atoms. The largest absolute Gasteiger partial charge is 0.488 e. The lowest BCUT2D eigenvalue weighted by molar-refractivity contribution is 0.131. The molecule has 2 heterocycles. The number of aromatic amines is 1. The first kappa shape index (κ1) is 28.1. The van der Waals surface area contributed by atoms with Crippen LogP contribution in [-0.2, 0) is 6.42 Å². The molecule has 3 aromatic carbocycles. The van der Waals surface area contributed by atoms with Gasteiger partial charge in [0.2, 0.25) is 0 Å². The lowest BCUT2D eigenvalue weighted by Crippen LogP contribution is -2.36. The predicted molar refractivity (Wildman–Crippen MR) is 166 cm³/mol. The number of hydrogen-bond acceptors (Lipinski definition) is 6. The van der Waals surface area contributed by atoms with Gasteiger partial charge in [-0.25, -0.2) is 9.79 Å². The van der Waals surface area contributed by atoms with Crippen molar-refractivity contribution in [2.45, 2.75) is 65.9 Å². The van der Waals surface area contributed by atoms with Gasteiger partial charge in [-0.1, -0.05) is 74.0 Å². The van der Waals surface area contributed by atoms with Gasteiger partial charge in [-0.2, -0.15) is 0 Å². The Hall–Kier alpha value is -4.39. The van der Waals surface area contributed by atoms with Crippen LogP contribution in [0.25, 0.3) is 22.5 Å². The van der Waals surface area contributed by atoms with Crippen LogP contribution in [0.15, 0.2) is 98.4 Å². The average Bonchev–Trinajstić information content (AvgIpc) is 3.40. The SMILES string of the molecule is CCCC1=C(Cc2ccc(-c3ccccc3-c3noc(=O)[nH]3)cc2)CN(c2ccc(OC(C)(C)C)cc2)C(CC)=N1. The summed E-state index contributed by atoms with van der Waals surface area (Å²) in [6.07, 6.45) is 3.71. The normalized spacial score (nSPS) is 13.9. The van der Waals surface area contributed by atoms with E-state index in [2.05, 4.69) is 86.1 Å². The molecule has 0 amide bonds. The van der Waals surface area contributed by atoms with E-state index in [-0.39, 0.29) is 5.60 Å². The molecule has 0 fully saturated rings. The topological polar surface area (TPSA) is 83.7 Å². The molecule has 0 unspecified atom stereocenters. The first-order valence-electron chi connectivity index (χ1n) is 14.3. The number of anilines is 1. The Bertz CT molecular complexity index is 1600. The third-order valence-corrected chi connectivity index (χ3v) is 7.01. The van der Waals surface area contributed by atoms with Gasteiger partial charge >= 0.3 is 5.76 Å². The molecule has 212 valence electrons. The fourth-order valence-corrected chi connectivity index (χ4v) is 5.19. The van der Waals surface area contributed by atoms with E-state index in [1.165, 1.54) is 16.8 Å². The highest BCUT2D eigenvalue weighted by molar-refractivity contribution is 5.99. The summed E-state index contributed by atoms with van der Waals surface area (Å²) in [7, 11) is 0. The lowest BCUT2D eigenvalue weighted by Gasteiger charge is -2.32. The van der Waals surface area contributed by atoms with Crippen LogP contribution in [0.2, 0.25) is 0 Å². The van der Waals surface area contributed by atoms with E-state index in [1.54, 1.807) is 0 Å². The molecule has 1 aliphatic rings. The smallest absolute Gasteiger partial charge is 0.439 e. The highest BCUT2D eigenvalue weighted by atomic mass is 16.5. The van der Waals surface area contributed by atoms with Gasteiger partial charge in [-0.3, -0.25) is 9.51 Å². The van der Waals surface area contributed by atoms with E-state index >= 15 is 0 Å².